The normalized spacial score (nSPS) is 16.9. The molecule has 0 spiro atoms. The number of carbonyl (C=O) groups is 1. The molecule has 0 saturated carbocycles. The van der Waals surface area contributed by atoms with Crippen LogP contribution in [0.15, 0.2) is 93.4 Å². The zero-order chi connectivity index (χ0) is 26.6. The lowest BCUT2D eigenvalue weighted by atomic mass is 10.0. The monoisotopic (exact) mass is 564 g/mol. The summed E-state index contributed by atoms with van der Waals surface area (Å²) < 4.78 is 11.3. The van der Waals surface area contributed by atoms with E-state index in [9.17, 15) is 4.79 Å². The Kier molecular flexibility index (Phi) is 7.99. The van der Waals surface area contributed by atoms with Gasteiger partial charge in [-0.3, -0.25) is 9.78 Å². The third-order valence-electron chi connectivity index (χ3n) is 6.06. The van der Waals surface area contributed by atoms with E-state index >= 15 is 0 Å². The van der Waals surface area contributed by atoms with Gasteiger partial charge in [0, 0.05) is 34.6 Å². The lowest BCUT2D eigenvalue weighted by Crippen LogP contribution is -2.29. The molecule has 2 atom stereocenters. The Morgan fingerprint density at radius 3 is 2.71 bits per heavy atom. The summed E-state index contributed by atoms with van der Waals surface area (Å²) in [6.45, 7) is 1.93. The number of carbonyl (C=O) groups excluding carboxylic acids is 1. The number of nitrogens with zero attached hydrogens (tertiary/aromatic N) is 2. The Hall–Kier alpha value is -3.37. The number of pyridine rings is 1. The number of aryl methyl sites for hydroxylation is 1. The zero-order valence-corrected chi connectivity index (χ0v) is 23.1. The lowest BCUT2D eigenvalue weighted by Gasteiger charge is -2.26. The second-order valence-corrected chi connectivity index (χ2v) is 10.6. The smallest absolute Gasteiger partial charge is 0.250 e. The molecule has 2 N–H and O–H groups in total. The van der Waals surface area contributed by atoms with E-state index in [2.05, 4.69) is 15.6 Å². The van der Waals surface area contributed by atoms with Gasteiger partial charge in [0.1, 0.15) is 18.4 Å². The van der Waals surface area contributed by atoms with E-state index in [1.165, 1.54) is 18.9 Å². The molecular formula is C28H25ClN4O3S2. The number of ether oxygens (including phenoxy) is 1. The number of hydrogen-bond donors (Lipinski definition) is 2. The van der Waals surface area contributed by atoms with Gasteiger partial charge in [0.05, 0.1) is 11.7 Å². The number of aromatic nitrogens is 1. The highest BCUT2D eigenvalue weighted by atomic mass is 35.5. The van der Waals surface area contributed by atoms with Crippen molar-refractivity contribution in [2.45, 2.75) is 29.0 Å². The molecule has 0 radical (unpaired) electrons. The molecule has 5 rings (SSSR count). The number of hydrogen-bond acceptors (Lipinski definition) is 6. The predicted octanol–water partition coefficient (Wildman–Crippen LogP) is 6.55. The van der Waals surface area contributed by atoms with E-state index in [0.717, 1.165) is 32.7 Å². The Balaban J connectivity index is 1.48. The van der Waals surface area contributed by atoms with Crippen LogP contribution in [0.3, 0.4) is 0 Å². The highest BCUT2D eigenvalue weighted by Gasteiger charge is 2.42. The molecule has 2 aromatic heterocycles. The van der Waals surface area contributed by atoms with Crippen molar-refractivity contribution in [2.24, 2.45) is 0 Å². The second-order valence-electron chi connectivity index (χ2n) is 8.69. The van der Waals surface area contributed by atoms with E-state index in [-0.39, 0.29) is 24.6 Å². The molecule has 194 valence electrons. The summed E-state index contributed by atoms with van der Waals surface area (Å²) in [5.74, 6) is 0.538. The third-order valence-corrected chi connectivity index (χ3v) is 7.56. The average molecular weight is 565 g/mol. The Morgan fingerprint density at radius 2 is 2.00 bits per heavy atom. The molecule has 1 fully saturated rings. The van der Waals surface area contributed by atoms with Crippen molar-refractivity contribution >= 4 is 58.0 Å². The number of rotatable bonds is 8. The zero-order valence-electron chi connectivity index (χ0n) is 20.7. The summed E-state index contributed by atoms with van der Waals surface area (Å²) in [4.78, 5) is 19.7. The van der Waals surface area contributed by atoms with E-state index in [1.54, 1.807) is 6.20 Å². The van der Waals surface area contributed by atoms with Gasteiger partial charge in [0.15, 0.2) is 10.2 Å². The fourth-order valence-corrected chi connectivity index (χ4v) is 5.59. The molecule has 2 aromatic carbocycles. The van der Waals surface area contributed by atoms with Gasteiger partial charge in [-0.1, -0.05) is 29.4 Å². The van der Waals surface area contributed by atoms with Crippen molar-refractivity contribution < 1.29 is 13.9 Å². The second kappa shape index (κ2) is 11.6. The molecule has 1 aliphatic heterocycles. The van der Waals surface area contributed by atoms with E-state index in [4.69, 9.17) is 33.0 Å². The Labute approximate surface area is 235 Å². The van der Waals surface area contributed by atoms with Crippen LogP contribution in [0.2, 0.25) is 5.02 Å². The lowest BCUT2D eigenvalue weighted by molar-refractivity contribution is -0.119. The maximum atomic E-state index is 12.0. The van der Waals surface area contributed by atoms with Crippen LogP contribution >= 0.6 is 35.6 Å². The van der Waals surface area contributed by atoms with Gasteiger partial charge in [-0.25, -0.2) is 0 Å². The van der Waals surface area contributed by atoms with Crippen molar-refractivity contribution in [1.29, 1.82) is 0 Å². The maximum absolute atomic E-state index is 12.0. The molecule has 0 bridgehead atoms. The van der Waals surface area contributed by atoms with E-state index in [1.807, 2.05) is 84.6 Å². The first-order valence-corrected chi connectivity index (χ1v) is 13.5. The van der Waals surface area contributed by atoms with Crippen LogP contribution in [0.1, 0.15) is 29.1 Å². The van der Waals surface area contributed by atoms with Crippen molar-refractivity contribution in [1.82, 2.24) is 10.3 Å². The molecule has 7 nitrogen and oxygen atoms in total. The minimum Gasteiger partial charge on any atom is -0.452 e. The van der Waals surface area contributed by atoms with Gasteiger partial charge in [-0.2, -0.15) is 0 Å². The van der Waals surface area contributed by atoms with Crippen molar-refractivity contribution in [3.8, 4) is 0 Å². The molecule has 10 heteroatoms. The largest absolute Gasteiger partial charge is 0.452 e. The Morgan fingerprint density at radius 1 is 1.18 bits per heavy atom. The van der Waals surface area contributed by atoms with Crippen LogP contribution in [0.5, 0.6) is 0 Å². The first-order chi connectivity index (χ1) is 18.4. The summed E-state index contributed by atoms with van der Waals surface area (Å²) in [5.41, 5.74) is 3.34. The van der Waals surface area contributed by atoms with Gasteiger partial charge < -0.3 is 24.7 Å². The number of furan rings is 1. The summed E-state index contributed by atoms with van der Waals surface area (Å²) in [6.07, 6.45) is 1.77. The average Bonchev–Trinajstić information content (AvgIpc) is 3.51. The minimum absolute atomic E-state index is 0.00991. The molecule has 0 unspecified atom stereocenters. The fraction of sp³-hybridized carbons (Fsp3) is 0.179. The van der Waals surface area contributed by atoms with E-state index < -0.39 is 0 Å². The van der Waals surface area contributed by atoms with Crippen LogP contribution in [0.25, 0.3) is 0 Å². The van der Waals surface area contributed by atoms with Gasteiger partial charge in [0.2, 0.25) is 5.91 Å². The highest BCUT2D eigenvalue weighted by Crippen LogP contribution is 2.44. The standard InChI is InChI=1S/C28H25ClN4O3S2/c1-17-15-19(8-11-21(17)31-24(34)16-35-2)33-27(26(32-28(33)37)22-5-3-4-14-30-22)23-12-13-25(36-23)38-20-9-6-18(29)7-10-20/h3-15,26-27H,16H2,1-2H3,(H,31,34)(H,32,37)/t26-,27-/m1/s1. The molecule has 1 saturated heterocycles. The number of thiocarbonyl (C=S) groups is 1. The third kappa shape index (κ3) is 5.71. The summed E-state index contributed by atoms with van der Waals surface area (Å²) in [5, 5.41) is 8.32. The van der Waals surface area contributed by atoms with Gasteiger partial charge in [-0.15, -0.1) is 0 Å². The predicted molar refractivity (Wildman–Crippen MR) is 154 cm³/mol. The SMILES string of the molecule is COCC(=O)Nc1ccc(N2C(=S)N[C@H](c3ccccn3)[C@H]2c2ccc(Sc3ccc(Cl)cc3)o2)cc1C. The number of amides is 1. The van der Waals surface area contributed by atoms with Crippen molar-refractivity contribution in [2.75, 3.05) is 23.9 Å². The summed E-state index contributed by atoms with van der Waals surface area (Å²) in [7, 11) is 1.49. The minimum atomic E-state index is -0.287. The number of anilines is 2. The van der Waals surface area contributed by atoms with Crippen LogP contribution in [-0.4, -0.2) is 29.7 Å². The molecule has 0 aliphatic carbocycles. The first-order valence-electron chi connectivity index (χ1n) is 11.9. The summed E-state index contributed by atoms with van der Waals surface area (Å²) >= 11 is 13.4. The molecule has 1 aliphatic rings. The van der Waals surface area contributed by atoms with E-state index in [0.29, 0.717) is 15.8 Å². The molecule has 4 aromatic rings. The van der Waals surface area contributed by atoms with Crippen LogP contribution in [0, 0.1) is 6.92 Å². The topological polar surface area (TPSA) is 79.6 Å². The van der Waals surface area contributed by atoms with Crippen LogP contribution < -0.4 is 15.5 Å². The van der Waals surface area contributed by atoms with Crippen LogP contribution in [-0.2, 0) is 9.53 Å². The van der Waals surface area contributed by atoms with Crippen molar-refractivity contribution in [3.05, 3.63) is 101 Å². The molecule has 3 heterocycles. The Bertz CT molecular complexity index is 1450. The van der Waals surface area contributed by atoms with Crippen molar-refractivity contribution in [3.63, 3.8) is 0 Å². The van der Waals surface area contributed by atoms with Gasteiger partial charge in [-0.05, 0) is 91.4 Å². The van der Waals surface area contributed by atoms with Crippen LogP contribution in [0.4, 0.5) is 11.4 Å². The number of halogens is 1. The molecular weight excluding hydrogens is 540 g/mol. The van der Waals surface area contributed by atoms with Gasteiger partial charge >= 0.3 is 0 Å². The molecule has 38 heavy (non-hydrogen) atoms. The molecule has 1 amide bonds. The maximum Gasteiger partial charge on any atom is 0.250 e. The number of nitrogens with one attached hydrogen (secondary N) is 2. The summed E-state index contributed by atoms with van der Waals surface area (Å²) in [6, 6.07) is 22.7. The first kappa shape index (κ1) is 26.2. The van der Waals surface area contributed by atoms with Gasteiger partial charge in [0.25, 0.3) is 0 Å². The highest BCUT2D eigenvalue weighted by molar-refractivity contribution is 7.99. The number of methoxy groups -OCH3 is 1. The fourth-order valence-electron chi connectivity index (χ4n) is 4.34. The quantitative estimate of drug-likeness (QED) is 0.233. The number of benzene rings is 2.